The van der Waals surface area contributed by atoms with Crippen molar-refractivity contribution in [3.63, 3.8) is 0 Å². The molecule has 0 bridgehead atoms. The Kier molecular flexibility index (Phi) is 7.14. The predicted octanol–water partition coefficient (Wildman–Crippen LogP) is 2.72. The van der Waals surface area contributed by atoms with Gasteiger partial charge in [-0.1, -0.05) is 13.0 Å². The van der Waals surface area contributed by atoms with Gasteiger partial charge in [0.2, 0.25) is 5.91 Å². The highest BCUT2D eigenvalue weighted by atomic mass is 32.2. The molecule has 2 fully saturated rings. The van der Waals surface area contributed by atoms with Crippen molar-refractivity contribution in [2.45, 2.75) is 43.4 Å². The van der Waals surface area contributed by atoms with Crippen LogP contribution in [0.25, 0.3) is 0 Å². The molecule has 2 aliphatic heterocycles. The summed E-state index contributed by atoms with van der Waals surface area (Å²) in [6.45, 7) is 4.72. The Balaban J connectivity index is 1.40. The lowest BCUT2D eigenvalue weighted by Gasteiger charge is -2.25. The number of aliphatic hydroxyl groups is 1. The van der Waals surface area contributed by atoms with E-state index in [1.807, 2.05) is 6.92 Å². The highest BCUT2D eigenvalue weighted by Crippen LogP contribution is 2.56. The Morgan fingerprint density at radius 3 is 2.86 bits per heavy atom. The topological polar surface area (TPSA) is 117 Å². The van der Waals surface area contributed by atoms with Crippen LogP contribution in [0.5, 0.6) is 5.75 Å². The second-order valence-electron chi connectivity index (χ2n) is 9.90. The largest absolute Gasteiger partial charge is 0.492 e. The lowest BCUT2D eigenvalue weighted by atomic mass is 10.00. The van der Waals surface area contributed by atoms with E-state index in [2.05, 4.69) is 14.9 Å². The molecule has 4 atom stereocenters. The van der Waals surface area contributed by atoms with Gasteiger partial charge in [-0.25, -0.2) is 12.8 Å². The van der Waals surface area contributed by atoms with Crippen molar-refractivity contribution in [1.82, 2.24) is 10.2 Å². The number of anilines is 1. The lowest BCUT2D eigenvalue weighted by molar-refractivity contribution is -0.124. The molecule has 1 amide bonds. The molecule has 2 aromatic rings. The second kappa shape index (κ2) is 10.2. The maximum atomic E-state index is 14.1. The third-order valence-electron chi connectivity index (χ3n) is 7.56. The third-order valence-corrected chi connectivity index (χ3v) is 9.03. The van der Waals surface area contributed by atoms with E-state index in [1.165, 1.54) is 13.2 Å². The van der Waals surface area contributed by atoms with Gasteiger partial charge in [-0.3, -0.25) is 9.52 Å². The van der Waals surface area contributed by atoms with Gasteiger partial charge in [0.15, 0.2) is 6.29 Å². The van der Waals surface area contributed by atoms with Gasteiger partial charge in [0.25, 0.3) is 10.0 Å². The molecular formula is C26H32FN3O6S. The maximum Gasteiger partial charge on any atom is 0.262 e. The van der Waals surface area contributed by atoms with Gasteiger partial charge >= 0.3 is 0 Å². The molecule has 3 aliphatic rings. The Morgan fingerprint density at radius 1 is 1.32 bits per heavy atom. The number of hydrogen-bond acceptors (Lipinski definition) is 7. The number of carbonyl (C=O) groups is 1. The van der Waals surface area contributed by atoms with Crippen molar-refractivity contribution in [2.24, 2.45) is 11.8 Å². The number of halogens is 1. The summed E-state index contributed by atoms with van der Waals surface area (Å²) in [4.78, 5) is 14.7. The molecule has 9 nitrogen and oxygen atoms in total. The monoisotopic (exact) mass is 533 g/mol. The molecule has 1 saturated carbocycles. The summed E-state index contributed by atoms with van der Waals surface area (Å²) in [6.07, 6.45) is 0.300. The van der Waals surface area contributed by atoms with Gasteiger partial charge < -0.3 is 24.8 Å². The van der Waals surface area contributed by atoms with Gasteiger partial charge in [0.1, 0.15) is 11.6 Å². The van der Waals surface area contributed by atoms with Crippen molar-refractivity contribution >= 4 is 21.6 Å². The molecule has 1 saturated heterocycles. The molecule has 37 heavy (non-hydrogen) atoms. The highest BCUT2D eigenvalue weighted by Gasteiger charge is 2.45. The first kappa shape index (κ1) is 25.9. The number of carbonyl (C=O) groups excluding carboxylic acids is 1. The van der Waals surface area contributed by atoms with E-state index >= 15 is 0 Å². The van der Waals surface area contributed by atoms with E-state index in [4.69, 9.17) is 9.47 Å². The number of nitrogens with one attached hydrogen (secondary N) is 2. The Labute approximate surface area is 216 Å². The molecule has 1 aliphatic carbocycles. The molecule has 0 radical (unpaired) electrons. The van der Waals surface area contributed by atoms with Gasteiger partial charge in [-0.15, -0.1) is 0 Å². The summed E-state index contributed by atoms with van der Waals surface area (Å²) in [7, 11) is -2.92. The number of methoxy groups -OCH3 is 1. The molecule has 200 valence electrons. The highest BCUT2D eigenvalue weighted by molar-refractivity contribution is 7.92. The summed E-state index contributed by atoms with van der Waals surface area (Å²) in [5, 5.41) is 13.3. The first-order valence-corrected chi connectivity index (χ1v) is 14.0. The molecule has 0 spiro atoms. The van der Waals surface area contributed by atoms with E-state index < -0.39 is 22.1 Å². The smallest absolute Gasteiger partial charge is 0.262 e. The van der Waals surface area contributed by atoms with Crippen LogP contribution in [0.2, 0.25) is 0 Å². The number of amides is 1. The molecule has 1 unspecified atom stereocenters. The fourth-order valence-electron chi connectivity index (χ4n) is 5.33. The van der Waals surface area contributed by atoms with E-state index in [1.54, 1.807) is 12.1 Å². The van der Waals surface area contributed by atoms with E-state index in [0.29, 0.717) is 30.7 Å². The minimum absolute atomic E-state index is 0.108. The molecule has 2 heterocycles. The summed E-state index contributed by atoms with van der Waals surface area (Å²) in [5.41, 5.74) is 1.35. The van der Waals surface area contributed by atoms with Crippen LogP contribution in [0.3, 0.4) is 0 Å². The fraction of sp³-hybridized carbons (Fsp3) is 0.500. The average molecular weight is 534 g/mol. The minimum atomic E-state index is -4.23. The molecule has 5 rings (SSSR count). The van der Waals surface area contributed by atoms with E-state index in [0.717, 1.165) is 43.6 Å². The van der Waals surface area contributed by atoms with Gasteiger partial charge in [-0.05, 0) is 67.2 Å². The van der Waals surface area contributed by atoms with Crippen LogP contribution in [-0.4, -0.2) is 57.7 Å². The first-order chi connectivity index (χ1) is 17.7. The van der Waals surface area contributed by atoms with Crippen molar-refractivity contribution < 1.29 is 32.2 Å². The number of ether oxygens (including phenoxy) is 2. The Bertz CT molecular complexity index is 1300. The first-order valence-electron chi connectivity index (χ1n) is 12.5. The number of aliphatic hydroxyl groups excluding tert-OH is 1. The summed E-state index contributed by atoms with van der Waals surface area (Å²) in [6, 6.07) is 6.72. The average Bonchev–Trinajstić information content (AvgIpc) is 3.53. The van der Waals surface area contributed by atoms with Crippen molar-refractivity contribution in [3.8, 4) is 5.75 Å². The zero-order valence-electron chi connectivity index (χ0n) is 20.9. The number of sulfonamides is 1. The number of rotatable bonds is 9. The van der Waals surface area contributed by atoms with Crippen molar-refractivity contribution in [1.29, 1.82) is 0 Å². The van der Waals surface area contributed by atoms with Crippen LogP contribution in [0.15, 0.2) is 35.2 Å². The Hall–Kier alpha value is -2.73. The zero-order valence-corrected chi connectivity index (χ0v) is 21.7. The summed E-state index contributed by atoms with van der Waals surface area (Å²) < 4.78 is 54.7. The Morgan fingerprint density at radius 2 is 2.14 bits per heavy atom. The van der Waals surface area contributed by atoms with Crippen LogP contribution >= 0.6 is 0 Å². The molecule has 11 heteroatoms. The van der Waals surface area contributed by atoms with Crippen LogP contribution < -0.4 is 14.8 Å². The second-order valence-corrected chi connectivity index (χ2v) is 11.6. The number of hydrogen-bond donors (Lipinski definition) is 3. The SMILES string of the molecule is CCN1CC[C@H](C(=O)NCc2cc(F)ccc2S(=O)(=O)Nc2ccc3c(c2C(O)OC)OC[C@@H]2C[C@H]32)C1. The standard InChI is InChI=1S/C26H32FN3O6S/c1-3-30-9-8-15(13-30)25(31)28-12-16-10-18(27)4-7-22(16)37(33,34)29-21-6-5-19-20-11-17(20)14-36-24(19)23(21)26(32)35-2/h4-7,10,15,17,20,26,29,32H,3,8-9,11-14H2,1-2H3,(H,28,31)/t15-,17-,20-,26?/m0/s1. The van der Waals surface area contributed by atoms with Crippen molar-refractivity contribution in [2.75, 3.05) is 38.1 Å². The molecule has 3 N–H and O–H groups in total. The number of nitrogens with zero attached hydrogens (tertiary/aromatic N) is 1. The summed E-state index contributed by atoms with van der Waals surface area (Å²) >= 11 is 0. The molecule has 0 aromatic heterocycles. The number of fused-ring (bicyclic) bond motifs is 3. The number of likely N-dealkylation sites (tertiary alicyclic amines) is 1. The van der Waals surface area contributed by atoms with Crippen LogP contribution in [0.4, 0.5) is 10.1 Å². The van der Waals surface area contributed by atoms with Crippen LogP contribution in [-0.2, 0) is 26.1 Å². The normalized spacial score (nSPS) is 23.5. The van der Waals surface area contributed by atoms with Gasteiger partial charge in [0, 0.05) is 26.1 Å². The fourth-order valence-corrected chi connectivity index (χ4v) is 6.63. The van der Waals surface area contributed by atoms with Crippen molar-refractivity contribution in [3.05, 3.63) is 52.8 Å². The van der Waals surface area contributed by atoms with E-state index in [-0.39, 0.29) is 40.1 Å². The quantitative estimate of drug-likeness (QED) is 0.425. The van der Waals surface area contributed by atoms with Crippen LogP contribution in [0, 0.1) is 17.7 Å². The number of benzene rings is 2. The lowest BCUT2D eigenvalue weighted by Crippen LogP contribution is -2.33. The van der Waals surface area contributed by atoms with Gasteiger partial charge in [-0.2, -0.15) is 0 Å². The molecular weight excluding hydrogens is 501 g/mol. The van der Waals surface area contributed by atoms with Crippen LogP contribution in [0.1, 0.15) is 48.7 Å². The third kappa shape index (κ3) is 5.18. The maximum absolute atomic E-state index is 14.1. The minimum Gasteiger partial charge on any atom is -0.492 e. The predicted molar refractivity (Wildman–Crippen MR) is 134 cm³/mol. The zero-order chi connectivity index (χ0) is 26.3. The van der Waals surface area contributed by atoms with Gasteiger partial charge in [0.05, 0.1) is 28.7 Å². The van der Waals surface area contributed by atoms with E-state index in [9.17, 15) is 22.7 Å². The molecule has 2 aromatic carbocycles. The summed E-state index contributed by atoms with van der Waals surface area (Å²) in [5.74, 6) is 0.205.